The largest absolute Gasteiger partial charge is 0.444 e. The number of thiophene rings is 1. The molecule has 3 N–H and O–H groups in total. The zero-order valence-corrected chi connectivity index (χ0v) is 19.5. The molecule has 32 heavy (non-hydrogen) atoms. The lowest BCUT2D eigenvalue weighted by atomic mass is 10.1. The van der Waals surface area contributed by atoms with E-state index in [4.69, 9.17) is 4.74 Å². The fourth-order valence-corrected chi connectivity index (χ4v) is 3.82. The van der Waals surface area contributed by atoms with Crippen LogP contribution in [0.25, 0.3) is 10.4 Å². The molecule has 0 saturated heterocycles. The van der Waals surface area contributed by atoms with Crippen molar-refractivity contribution in [3.8, 4) is 10.4 Å². The molecule has 6 nitrogen and oxygen atoms in total. The number of hydrogen-bond acceptors (Lipinski definition) is 5. The van der Waals surface area contributed by atoms with Crippen LogP contribution in [0.2, 0.25) is 0 Å². The molecule has 3 aromatic rings. The molecule has 0 aliphatic heterocycles. The Bertz CT molecular complexity index is 1070. The second kappa shape index (κ2) is 9.97. The van der Waals surface area contributed by atoms with Gasteiger partial charge in [-0.2, -0.15) is 0 Å². The van der Waals surface area contributed by atoms with Crippen molar-refractivity contribution in [1.29, 1.82) is 0 Å². The lowest BCUT2D eigenvalue weighted by molar-refractivity contribution is 0.0635. The zero-order valence-electron chi connectivity index (χ0n) is 18.6. The first kappa shape index (κ1) is 23.5. The van der Waals surface area contributed by atoms with E-state index in [1.54, 1.807) is 57.2 Å². The molecule has 3 rings (SSSR count). The molecule has 0 aliphatic rings. The quantitative estimate of drug-likeness (QED) is 0.432. The van der Waals surface area contributed by atoms with Crippen LogP contribution in [0.1, 0.15) is 43.6 Å². The molecule has 0 fully saturated rings. The minimum absolute atomic E-state index is 0.302. The molecule has 0 aliphatic carbocycles. The second-order valence-electron chi connectivity index (χ2n) is 8.57. The number of anilines is 2. The van der Waals surface area contributed by atoms with Crippen molar-refractivity contribution < 1.29 is 19.4 Å². The molecule has 0 radical (unpaired) electrons. The molecule has 0 saturated carbocycles. The highest BCUT2D eigenvalue weighted by molar-refractivity contribution is 7.13. The molecule has 1 aromatic heterocycles. The van der Waals surface area contributed by atoms with Crippen LogP contribution in [0.5, 0.6) is 0 Å². The molecule has 1 atom stereocenters. The van der Waals surface area contributed by atoms with Gasteiger partial charge in [0.15, 0.2) is 0 Å². The summed E-state index contributed by atoms with van der Waals surface area (Å²) >= 11 is 1.59. The molecular weight excluding hydrogens is 424 g/mol. The summed E-state index contributed by atoms with van der Waals surface area (Å²) in [6.45, 7) is 7.09. The Morgan fingerprint density at radius 2 is 1.75 bits per heavy atom. The van der Waals surface area contributed by atoms with Crippen LogP contribution >= 0.6 is 11.3 Å². The smallest absolute Gasteiger partial charge is 0.412 e. The van der Waals surface area contributed by atoms with E-state index >= 15 is 0 Å². The monoisotopic (exact) mass is 452 g/mol. The maximum atomic E-state index is 12.9. The van der Waals surface area contributed by atoms with Gasteiger partial charge < -0.3 is 15.2 Å². The number of ether oxygens (including phenoxy) is 1. The fraction of sp³-hybridized carbons (Fsp3) is 0.280. The summed E-state index contributed by atoms with van der Waals surface area (Å²) in [4.78, 5) is 26.3. The SMILES string of the molecule is CC(O)Cc1ccc(C(=O)Nc2cc(-c3cccs3)ccc2NC(=O)OC(C)(C)C)cc1. The normalized spacial score (nSPS) is 12.2. The van der Waals surface area contributed by atoms with Gasteiger partial charge in [0.1, 0.15) is 5.60 Å². The predicted octanol–water partition coefficient (Wildman–Crippen LogP) is 5.94. The van der Waals surface area contributed by atoms with Crippen LogP contribution in [-0.2, 0) is 11.2 Å². The van der Waals surface area contributed by atoms with Crippen molar-refractivity contribution in [3.05, 3.63) is 71.1 Å². The summed E-state index contributed by atoms with van der Waals surface area (Å²) in [5.74, 6) is -0.302. The first-order valence-corrected chi connectivity index (χ1v) is 11.2. The van der Waals surface area contributed by atoms with E-state index in [1.165, 1.54) is 0 Å². The number of aliphatic hydroxyl groups is 1. The average Bonchev–Trinajstić information content (AvgIpc) is 3.22. The van der Waals surface area contributed by atoms with Gasteiger partial charge in [0.2, 0.25) is 0 Å². The number of hydrogen-bond donors (Lipinski definition) is 3. The van der Waals surface area contributed by atoms with Gasteiger partial charge in [0, 0.05) is 10.4 Å². The summed E-state index contributed by atoms with van der Waals surface area (Å²) < 4.78 is 5.35. The maximum Gasteiger partial charge on any atom is 0.412 e. The van der Waals surface area contributed by atoms with Gasteiger partial charge in [-0.1, -0.05) is 24.3 Å². The number of carbonyl (C=O) groups excluding carboxylic acids is 2. The van der Waals surface area contributed by atoms with Crippen molar-refractivity contribution in [2.45, 2.75) is 45.8 Å². The second-order valence-corrected chi connectivity index (χ2v) is 9.52. The maximum absolute atomic E-state index is 12.9. The number of carbonyl (C=O) groups is 2. The van der Waals surface area contributed by atoms with E-state index < -0.39 is 17.8 Å². The molecular formula is C25H28N2O4S. The van der Waals surface area contributed by atoms with Crippen molar-refractivity contribution in [2.75, 3.05) is 10.6 Å². The Morgan fingerprint density at radius 3 is 2.34 bits per heavy atom. The van der Waals surface area contributed by atoms with Crippen molar-refractivity contribution in [2.24, 2.45) is 0 Å². The number of aliphatic hydroxyl groups excluding tert-OH is 1. The Hall–Kier alpha value is -3.16. The molecule has 0 bridgehead atoms. The highest BCUT2D eigenvalue weighted by Crippen LogP contribution is 2.32. The number of rotatable bonds is 6. The third-order valence-corrected chi connectivity index (χ3v) is 5.38. The first-order valence-electron chi connectivity index (χ1n) is 10.4. The summed E-state index contributed by atoms with van der Waals surface area (Å²) in [7, 11) is 0. The summed E-state index contributed by atoms with van der Waals surface area (Å²) in [5, 5.41) is 17.1. The molecule has 1 heterocycles. The lowest BCUT2D eigenvalue weighted by Crippen LogP contribution is -2.27. The standard InChI is InChI=1S/C25H28N2O4S/c1-16(28)14-17-7-9-18(10-8-17)23(29)26-21-15-19(22-6-5-13-32-22)11-12-20(21)27-24(30)31-25(2,3)4/h5-13,15-16,28H,14H2,1-4H3,(H,26,29)(H,27,30). The minimum Gasteiger partial charge on any atom is -0.444 e. The molecule has 2 aromatic carbocycles. The van der Waals surface area contributed by atoms with E-state index in [9.17, 15) is 14.7 Å². The van der Waals surface area contributed by atoms with E-state index in [1.807, 2.05) is 41.8 Å². The van der Waals surface area contributed by atoms with Crippen LogP contribution in [0, 0.1) is 0 Å². The third kappa shape index (κ3) is 6.67. The van der Waals surface area contributed by atoms with E-state index in [0.29, 0.717) is 23.4 Å². The van der Waals surface area contributed by atoms with Crippen LogP contribution in [0.15, 0.2) is 60.0 Å². The molecule has 0 spiro atoms. The minimum atomic E-state index is -0.641. The first-order chi connectivity index (χ1) is 15.1. The van der Waals surface area contributed by atoms with Crippen LogP contribution in [0.4, 0.5) is 16.2 Å². The van der Waals surface area contributed by atoms with Gasteiger partial charge in [0.05, 0.1) is 17.5 Å². The molecule has 7 heteroatoms. The van der Waals surface area contributed by atoms with E-state index in [-0.39, 0.29) is 5.91 Å². The predicted molar refractivity (Wildman–Crippen MR) is 129 cm³/mol. The summed E-state index contributed by atoms with van der Waals surface area (Å²) in [6.07, 6.45) is -0.523. The average molecular weight is 453 g/mol. The Kier molecular flexibility index (Phi) is 7.33. The topological polar surface area (TPSA) is 87.7 Å². The molecule has 1 unspecified atom stereocenters. The zero-order chi connectivity index (χ0) is 23.3. The van der Waals surface area contributed by atoms with Gasteiger partial charge >= 0.3 is 6.09 Å². The van der Waals surface area contributed by atoms with Gasteiger partial charge in [-0.3, -0.25) is 10.1 Å². The number of benzene rings is 2. The van der Waals surface area contributed by atoms with E-state index in [0.717, 1.165) is 16.0 Å². The highest BCUT2D eigenvalue weighted by atomic mass is 32.1. The molecule has 2 amide bonds. The highest BCUT2D eigenvalue weighted by Gasteiger charge is 2.18. The van der Waals surface area contributed by atoms with Gasteiger partial charge in [-0.25, -0.2) is 4.79 Å². The van der Waals surface area contributed by atoms with Gasteiger partial charge in [-0.15, -0.1) is 11.3 Å². The summed E-state index contributed by atoms with van der Waals surface area (Å²) in [6, 6.07) is 16.5. The van der Waals surface area contributed by atoms with Gasteiger partial charge in [-0.05, 0) is 81.0 Å². The Morgan fingerprint density at radius 1 is 1.03 bits per heavy atom. The Labute approximate surface area is 192 Å². The van der Waals surface area contributed by atoms with E-state index in [2.05, 4.69) is 10.6 Å². The van der Waals surface area contributed by atoms with Crippen molar-refractivity contribution >= 4 is 34.7 Å². The van der Waals surface area contributed by atoms with Crippen LogP contribution in [-0.4, -0.2) is 28.8 Å². The molecule has 168 valence electrons. The summed E-state index contributed by atoms with van der Waals surface area (Å²) in [5.41, 5.74) is 2.63. The Balaban J connectivity index is 1.85. The fourth-order valence-electron chi connectivity index (χ4n) is 3.09. The van der Waals surface area contributed by atoms with Crippen LogP contribution < -0.4 is 10.6 Å². The van der Waals surface area contributed by atoms with Crippen LogP contribution in [0.3, 0.4) is 0 Å². The lowest BCUT2D eigenvalue weighted by Gasteiger charge is -2.21. The number of nitrogens with one attached hydrogen (secondary N) is 2. The van der Waals surface area contributed by atoms with Crippen molar-refractivity contribution in [1.82, 2.24) is 0 Å². The third-order valence-electron chi connectivity index (χ3n) is 4.46. The van der Waals surface area contributed by atoms with Crippen molar-refractivity contribution in [3.63, 3.8) is 0 Å². The number of amides is 2. The van der Waals surface area contributed by atoms with Gasteiger partial charge in [0.25, 0.3) is 5.91 Å².